The van der Waals surface area contributed by atoms with Crippen LogP contribution in [-0.2, 0) is 0 Å². The molecule has 2 N–H and O–H groups in total. The van der Waals surface area contributed by atoms with Crippen molar-refractivity contribution in [2.75, 3.05) is 6.54 Å². The second-order valence-corrected chi connectivity index (χ2v) is 4.94. The molecule has 0 aliphatic carbocycles. The third-order valence-electron chi connectivity index (χ3n) is 2.28. The molecule has 1 rings (SSSR count). The lowest BCUT2D eigenvalue weighted by Crippen LogP contribution is -2.46. The Hall–Kier alpha value is -0.570. The Morgan fingerprint density at radius 2 is 2.29 bits per heavy atom. The summed E-state index contributed by atoms with van der Waals surface area (Å²) in [6.07, 6.45) is 5.51. The topological polar surface area (TPSA) is 24.1 Å². The molecule has 0 aromatic heterocycles. The summed E-state index contributed by atoms with van der Waals surface area (Å²) >= 11 is 5.18. The van der Waals surface area contributed by atoms with E-state index in [2.05, 4.69) is 31.4 Å². The lowest BCUT2D eigenvalue weighted by molar-refractivity contribution is 0.437. The summed E-state index contributed by atoms with van der Waals surface area (Å²) in [7, 11) is 0. The van der Waals surface area contributed by atoms with Gasteiger partial charge in [0.1, 0.15) is 4.99 Å². The minimum atomic E-state index is 0.0976. The molecule has 0 fully saturated rings. The minimum absolute atomic E-state index is 0.0976. The molecule has 0 atom stereocenters. The van der Waals surface area contributed by atoms with Crippen molar-refractivity contribution in [3.8, 4) is 0 Å². The SMILES string of the molecule is CCCCNC1=CC(=S)NC(C)(C)C1. The van der Waals surface area contributed by atoms with Crippen LogP contribution >= 0.6 is 12.2 Å². The smallest absolute Gasteiger partial charge is 0.101 e. The molecule has 0 aromatic rings. The van der Waals surface area contributed by atoms with Crippen LogP contribution in [0.4, 0.5) is 0 Å². The van der Waals surface area contributed by atoms with Gasteiger partial charge in [0.2, 0.25) is 0 Å². The first-order valence-electron chi connectivity index (χ1n) is 5.30. The van der Waals surface area contributed by atoms with Gasteiger partial charge in [-0.05, 0) is 26.3 Å². The zero-order valence-electron chi connectivity index (χ0n) is 9.31. The number of hydrogen-bond acceptors (Lipinski definition) is 2. The van der Waals surface area contributed by atoms with Gasteiger partial charge in [-0.2, -0.15) is 0 Å². The Kier molecular flexibility index (Phi) is 3.93. The summed E-state index contributed by atoms with van der Waals surface area (Å²) in [4.78, 5) is 0.847. The van der Waals surface area contributed by atoms with Crippen LogP contribution in [0.1, 0.15) is 40.0 Å². The fourth-order valence-electron chi connectivity index (χ4n) is 1.64. The van der Waals surface area contributed by atoms with Gasteiger partial charge in [0, 0.05) is 24.2 Å². The van der Waals surface area contributed by atoms with E-state index in [1.165, 1.54) is 18.5 Å². The summed E-state index contributed by atoms with van der Waals surface area (Å²) in [6, 6.07) is 0. The van der Waals surface area contributed by atoms with Crippen molar-refractivity contribution in [2.45, 2.75) is 45.6 Å². The molecule has 0 aromatic carbocycles. The van der Waals surface area contributed by atoms with Crippen LogP contribution in [0.25, 0.3) is 0 Å². The van der Waals surface area contributed by atoms with E-state index < -0.39 is 0 Å². The zero-order chi connectivity index (χ0) is 10.6. The van der Waals surface area contributed by atoms with Gasteiger partial charge in [-0.15, -0.1) is 0 Å². The Bertz CT molecular complexity index is 244. The van der Waals surface area contributed by atoms with E-state index in [1.807, 2.05) is 6.08 Å². The van der Waals surface area contributed by atoms with E-state index in [0.29, 0.717) is 0 Å². The van der Waals surface area contributed by atoms with E-state index in [1.54, 1.807) is 0 Å². The summed E-state index contributed by atoms with van der Waals surface area (Å²) < 4.78 is 0. The van der Waals surface area contributed by atoms with Gasteiger partial charge in [-0.1, -0.05) is 25.6 Å². The Morgan fingerprint density at radius 3 is 2.86 bits per heavy atom. The molecular weight excluding hydrogens is 192 g/mol. The van der Waals surface area contributed by atoms with Gasteiger partial charge >= 0.3 is 0 Å². The van der Waals surface area contributed by atoms with Crippen molar-refractivity contribution in [3.05, 3.63) is 11.8 Å². The highest BCUT2D eigenvalue weighted by atomic mass is 32.1. The van der Waals surface area contributed by atoms with Crippen LogP contribution < -0.4 is 10.6 Å². The van der Waals surface area contributed by atoms with Crippen LogP contribution in [0.15, 0.2) is 11.8 Å². The van der Waals surface area contributed by atoms with Gasteiger partial charge in [-0.25, -0.2) is 0 Å². The second kappa shape index (κ2) is 4.78. The zero-order valence-corrected chi connectivity index (χ0v) is 10.1. The third kappa shape index (κ3) is 3.66. The first kappa shape index (κ1) is 11.5. The molecule has 80 valence electrons. The van der Waals surface area contributed by atoms with E-state index in [-0.39, 0.29) is 5.54 Å². The number of unbranched alkanes of at least 4 members (excludes halogenated alkanes) is 1. The lowest BCUT2D eigenvalue weighted by Gasteiger charge is -2.32. The quantitative estimate of drug-likeness (QED) is 0.552. The van der Waals surface area contributed by atoms with Crippen molar-refractivity contribution in [1.29, 1.82) is 0 Å². The van der Waals surface area contributed by atoms with Crippen molar-refractivity contribution < 1.29 is 0 Å². The number of hydrogen-bond donors (Lipinski definition) is 2. The number of rotatable bonds is 4. The molecule has 0 saturated carbocycles. The molecule has 0 bridgehead atoms. The van der Waals surface area contributed by atoms with Crippen LogP contribution in [-0.4, -0.2) is 17.1 Å². The largest absolute Gasteiger partial charge is 0.388 e. The fraction of sp³-hybridized carbons (Fsp3) is 0.727. The predicted molar refractivity (Wildman–Crippen MR) is 65.4 cm³/mol. The van der Waals surface area contributed by atoms with Gasteiger partial charge < -0.3 is 10.6 Å². The van der Waals surface area contributed by atoms with E-state index in [0.717, 1.165) is 18.0 Å². The minimum Gasteiger partial charge on any atom is -0.388 e. The monoisotopic (exact) mass is 212 g/mol. The predicted octanol–water partition coefficient (Wildman–Crippen LogP) is 2.36. The van der Waals surface area contributed by atoms with Crippen LogP contribution in [0.5, 0.6) is 0 Å². The molecule has 0 saturated heterocycles. The molecule has 0 spiro atoms. The molecule has 0 amide bonds. The summed E-state index contributed by atoms with van der Waals surface area (Å²) in [5.74, 6) is 0. The first-order valence-corrected chi connectivity index (χ1v) is 5.71. The number of nitrogens with one attached hydrogen (secondary N) is 2. The average molecular weight is 212 g/mol. The molecule has 2 nitrogen and oxygen atoms in total. The highest BCUT2D eigenvalue weighted by Gasteiger charge is 2.23. The van der Waals surface area contributed by atoms with E-state index in [9.17, 15) is 0 Å². The normalized spacial score (nSPS) is 19.9. The van der Waals surface area contributed by atoms with Gasteiger partial charge in [0.15, 0.2) is 0 Å². The highest BCUT2D eigenvalue weighted by Crippen LogP contribution is 2.18. The van der Waals surface area contributed by atoms with Crippen molar-refractivity contribution in [2.24, 2.45) is 0 Å². The molecular formula is C11H20N2S. The first-order chi connectivity index (χ1) is 6.53. The Morgan fingerprint density at radius 1 is 1.57 bits per heavy atom. The number of thiocarbonyl (C=S) groups is 1. The summed E-state index contributed by atoms with van der Waals surface area (Å²) in [6.45, 7) is 7.61. The van der Waals surface area contributed by atoms with E-state index >= 15 is 0 Å². The van der Waals surface area contributed by atoms with Crippen LogP contribution in [0.2, 0.25) is 0 Å². The lowest BCUT2D eigenvalue weighted by atomic mass is 9.95. The standard InChI is InChI=1S/C11H20N2S/c1-4-5-6-12-9-7-10(14)13-11(2,3)8-9/h7,12H,4-6,8H2,1-3H3,(H,13,14). The third-order valence-corrected chi connectivity index (χ3v) is 2.50. The van der Waals surface area contributed by atoms with Crippen molar-refractivity contribution >= 4 is 17.2 Å². The van der Waals surface area contributed by atoms with E-state index in [4.69, 9.17) is 12.2 Å². The maximum absolute atomic E-state index is 5.18. The maximum atomic E-state index is 5.18. The summed E-state index contributed by atoms with van der Waals surface area (Å²) in [5.41, 5.74) is 1.37. The molecule has 3 heteroatoms. The van der Waals surface area contributed by atoms with Crippen molar-refractivity contribution in [1.82, 2.24) is 10.6 Å². The molecule has 1 heterocycles. The molecule has 14 heavy (non-hydrogen) atoms. The van der Waals surface area contributed by atoms with Gasteiger partial charge in [0.25, 0.3) is 0 Å². The average Bonchev–Trinajstić information content (AvgIpc) is 2.00. The molecule has 1 aliphatic rings. The van der Waals surface area contributed by atoms with Gasteiger partial charge in [0.05, 0.1) is 0 Å². The van der Waals surface area contributed by atoms with Crippen LogP contribution in [0.3, 0.4) is 0 Å². The Balaban J connectivity index is 2.48. The highest BCUT2D eigenvalue weighted by molar-refractivity contribution is 7.80. The molecule has 0 unspecified atom stereocenters. The second-order valence-electron chi connectivity index (χ2n) is 4.50. The van der Waals surface area contributed by atoms with Crippen LogP contribution in [0, 0.1) is 0 Å². The molecule has 1 aliphatic heterocycles. The van der Waals surface area contributed by atoms with Crippen molar-refractivity contribution in [3.63, 3.8) is 0 Å². The molecule has 0 radical (unpaired) electrons. The fourth-order valence-corrected chi connectivity index (χ4v) is 2.06. The summed E-state index contributed by atoms with van der Waals surface area (Å²) in [5, 5.41) is 6.73. The van der Waals surface area contributed by atoms with Gasteiger partial charge in [-0.3, -0.25) is 0 Å². The maximum Gasteiger partial charge on any atom is 0.101 e. The Labute approximate surface area is 92.2 Å².